The van der Waals surface area contributed by atoms with Crippen LogP contribution in [-0.4, -0.2) is 17.0 Å². The van der Waals surface area contributed by atoms with Crippen LogP contribution < -0.4 is 0 Å². The van der Waals surface area contributed by atoms with Crippen LogP contribution in [0, 0.1) is 0 Å². The standard InChI is InChI=1S/C9H11NOS/c1-3-9(11)8-5-4-7(12-2)6-10-8/h4-6H,3H2,1-2H3. The van der Waals surface area contributed by atoms with Gasteiger partial charge in [0, 0.05) is 17.5 Å². The Bertz CT molecular complexity index is 268. The zero-order valence-corrected chi connectivity index (χ0v) is 8.02. The second-order valence-electron chi connectivity index (χ2n) is 2.36. The first-order valence-corrected chi connectivity index (χ1v) is 5.03. The first-order valence-electron chi connectivity index (χ1n) is 3.81. The summed E-state index contributed by atoms with van der Waals surface area (Å²) in [6, 6.07) is 3.69. The molecular formula is C9H11NOS. The van der Waals surface area contributed by atoms with Crippen molar-refractivity contribution in [3.63, 3.8) is 0 Å². The van der Waals surface area contributed by atoms with E-state index in [2.05, 4.69) is 4.98 Å². The van der Waals surface area contributed by atoms with Crippen LogP contribution in [0.1, 0.15) is 23.8 Å². The highest BCUT2D eigenvalue weighted by molar-refractivity contribution is 7.98. The molecule has 1 rings (SSSR count). The van der Waals surface area contributed by atoms with Crippen molar-refractivity contribution >= 4 is 17.5 Å². The molecule has 0 saturated heterocycles. The number of carbonyl (C=O) groups is 1. The Hall–Kier alpha value is -0.830. The van der Waals surface area contributed by atoms with Gasteiger partial charge in [-0.2, -0.15) is 0 Å². The summed E-state index contributed by atoms with van der Waals surface area (Å²) in [7, 11) is 0. The van der Waals surface area contributed by atoms with E-state index in [0.717, 1.165) is 4.90 Å². The van der Waals surface area contributed by atoms with E-state index in [1.807, 2.05) is 19.2 Å². The summed E-state index contributed by atoms with van der Waals surface area (Å²) in [5.41, 5.74) is 0.565. The van der Waals surface area contributed by atoms with E-state index < -0.39 is 0 Å². The molecule has 0 aliphatic carbocycles. The monoisotopic (exact) mass is 181 g/mol. The molecule has 0 amide bonds. The van der Waals surface area contributed by atoms with Crippen molar-refractivity contribution in [2.75, 3.05) is 6.26 Å². The molecule has 2 nitrogen and oxygen atoms in total. The Morgan fingerprint density at radius 3 is 2.75 bits per heavy atom. The maximum absolute atomic E-state index is 11.1. The number of rotatable bonds is 3. The van der Waals surface area contributed by atoms with Gasteiger partial charge in [0.05, 0.1) is 0 Å². The van der Waals surface area contributed by atoms with E-state index in [9.17, 15) is 4.79 Å². The average Bonchev–Trinajstić information content (AvgIpc) is 2.17. The topological polar surface area (TPSA) is 30.0 Å². The van der Waals surface area contributed by atoms with Gasteiger partial charge in [-0.1, -0.05) is 6.92 Å². The summed E-state index contributed by atoms with van der Waals surface area (Å²) in [6.45, 7) is 1.84. The van der Waals surface area contributed by atoms with Gasteiger partial charge in [-0.05, 0) is 18.4 Å². The Labute approximate surface area is 76.4 Å². The van der Waals surface area contributed by atoms with Crippen LogP contribution >= 0.6 is 11.8 Å². The number of carbonyl (C=O) groups excluding carboxylic acids is 1. The minimum absolute atomic E-state index is 0.0997. The maximum Gasteiger partial charge on any atom is 0.180 e. The Morgan fingerprint density at radius 1 is 1.58 bits per heavy atom. The molecule has 0 fully saturated rings. The Morgan fingerprint density at radius 2 is 2.33 bits per heavy atom. The molecule has 0 N–H and O–H groups in total. The minimum Gasteiger partial charge on any atom is -0.292 e. The van der Waals surface area contributed by atoms with E-state index in [0.29, 0.717) is 12.1 Å². The number of hydrogen-bond donors (Lipinski definition) is 0. The van der Waals surface area contributed by atoms with Crippen LogP contribution in [0.5, 0.6) is 0 Å². The fourth-order valence-electron chi connectivity index (χ4n) is 0.847. The van der Waals surface area contributed by atoms with Gasteiger partial charge in [0.1, 0.15) is 5.69 Å². The molecule has 0 aliphatic rings. The van der Waals surface area contributed by atoms with Crippen molar-refractivity contribution in [2.45, 2.75) is 18.2 Å². The van der Waals surface area contributed by atoms with Crippen LogP contribution in [0.4, 0.5) is 0 Å². The van der Waals surface area contributed by atoms with Gasteiger partial charge in [-0.25, -0.2) is 0 Å². The number of Topliss-reactive ketones (excluding diaryl/α,β-unsaturated/α-hetero) is 1. The van der Waals surface area contributed by atoms with Crippen LogP contribution in [0.2, 0.25) is 0 Å². The van der Waals surface area contributed by atoms with E-state index in [1.54, 1.807) is 24.0 Å². The first kappa shape index (κ1) is 9.26. The van der Waals surface area contributed by atoms with Crippen LogP contribution in [0.3, 0.4) is 0 Å². The van der Waals surface area contributed by atoms with Crippen molar-refractivity contribution in [1.82, 2.24) is 4.98 Å². The summed E-state index contributed by atoms with van der Waals surface area (Å²) >= 11 is 1.62. The lowest BCUT2D eigenvalue weighted by atomic mass is 10.2. The quantitative estimate of drug-likeness (QED) is 0.529. The van der Waals surface area contributed by atoms with E-state index in [-0.39, 0.29) is 5.78 Å². The van der Waals surface area contributed by atoms with E-state index >= 15 is 0 Å². The molecule has 0 saturated carbocycles. The zero-order chi connectivity index (χ0) is 8.97. The molecule has 3 heteroatoms. The number of hydrogen-bond acceptors (Lipinski definition) is 3. The number of nitrogens with zero attached hydrogens (tertiary/aromatic N) is 1. The van der Waals surface area contributed by atoms with E-state index in [4.69, 9.17) is 0 Å². The third kappa shape index (κ3) is 2.08. The molecule has 0 unspecified atom stereocenters. The molecule has 0 aromatic carbocycles. The first-order chi connectivity index (χ1) is 5.77. The zero-order valence-electron chi connectivity index (χ0n) is 7.20. The van der Waals surface area contributed by atoms with Gasteiger partial charge in [0.25, 0.3) is 0 Å². The molecule has 0 radical (unpaired) electrons. The van der Waals surface area contributed by atoms with Gasteiger partial charge in [-0.3, -0.25) is 9.78 Å². The normalized spacial score (nSPS) is 9.83. The van der Waals surface area contributed by atoms with Crippen LogP contribution in [0.15, 0.2) is 23.2 Å². The Kier molecular flexibility index (Phi) is 3.29. The second kappa shape index (κ2) is 4.26. The summed E-state index contributed by atoms with van der Waals surface area (Å²) < 4.78 is 0. The van der Waals surface area contributed by atoms with Gasteiger partial charge in [-0.15, -0.1) is 11.8 Å². The lowest BCUT2D eigenvalue weighted by Crippen LogP contribution is -1.98. The minimum atomic E-state index is 0.0997. The maximum atomic E-state index is 11.1. The highest BCUT2D eigenvalue weighted by atomic mass is 32.2. The second-order valence-corrected chi connectivity index (χ2v) is 3.24. The van der Waals surface area contributed by atoms with Crippen molar-refractivity contribution in [3.8, 4) is 0 Å². The smallest absolute Gasteiger partial charge is 0.180 e. The fourth-order valence-corrected chi connectivity index (χ4v) is 1.21. The van der Waals surface area contributed by atoms with Gasteiger partial charge in [0.15, 0.2) is 5.78 Å². The van der Waals surface area contributed by atoms with Crippen molar-refractivity contribution in [3.05, 3.63) is 24.0 Å². The van der Waals surface area contributed by atoms with Gasteiger partial charge in [0.2, 0.25) is 0 Å². The van der Waals surface area contributed by atoms with Crippen LogP contribution in [0.25, 0.3) is 0 Å². The number of aromatic nitrogens is 1. The average molecular weight is 181 g/mol. The number of thioether (sulfide) groups is 1. The van der Waals surface area contributed by atoms with Gasteiger partial charge >= 0.3 is 0 Å². The van der Waals surface area contributed by atoms with Crippen molar-refractivity contribution in [1.29, 1.82) is 0 Å². The van der Waals surface area contributed by atoms with Crippen molar-refractivity contribution in [2.24, 2.45) is 0 Å². The summed E-state index contributed by atoms with van der Waals surface area (Å²) in [5.74, 6) is 0.0997. The number of pyridine rings is 1. The predicted molar refractivity (Wildman–Crippen MR) is 50.6 cm³/mol. The highest BCUT2D eigenvalue weighted by Crippen LogP contribution is 2.12. The molecule has 0 bridgehead atoms. The van der Waals surface area contributed by atoms with Crippen LogP contribution in [-0.2, 0) is 0 Å². The lowest BCUT2D eigenvalue weighted by Gasteiger charge is -1.97. The number of ketones is 1. The molecule has 1 aromatic rings. The molecule has 0 spiro atoms. The molecule has 64 valence electrons. The largest absolute Gasteiger partial charge is 0.292 e. The molecule has 1 aromatic heterocycles. The third-order valence-corrected chi connectivity index (χ3v) is 2.29. The molecule has 1 heterocycles. The fraction of sp³-hybridized carbons (Fsp3) is 0.333. The summed E-state index contributed by atoms with van der Waals surface area (Å²) in [4.78, 5) is 16.3. The SMILES string of the molecule is CCC(=O)c1ccc(SC)cn1. The van der Waals surface area contributed by atoms with Gasteiger partial charge < -0.3 is 0 Å². The molecule has 0 aliphatic heterocycles. The lowest BCUT2D eigenvalue weighted by molar-refractivity contribution is 0.0983. The highest BCUT2D eigenvalue weighted by Gasteiger charge is 2.02. The molecular weight excluding hydrogens is 170 g/mol. The summed E-state index contributed by atoms with van der Waals surface area (Å²) in [5, 5.41) is 0. The Balaban J connectivity index is 2.84. The molecule has 12 heavy (non-hydrogen) atoms. The third-order valence-electron chi connectivity index (χ3n) is 1.58. The predicted octanol–water partition coefficient (Wildman–Crippen LogP) is 2.40. The van der Waals surface area contributed by atoms with E-state index in [1.165, 1.54) is 0 Å². The molecule has 0 atom stereocenters. The summed E-state index contributed by atoms with van der Waals surface area (Å²) in [6.07, 6.45) is 4.23. The van der Waals surface area contributed by atoms with Crippen molar-refractivity contribution < 1.29 is 4.79 Å².